The van der Waals surface area contributed by atoms with Gasteiger partial charge in [0.15, 0.2) is 7.98 Å². The molecule has 2 radical (unpaired) electrons. The molecule has 0 spiro atoms. The van der Waals surface area contributed by atoms with Gasteiger partial charge in [-0.15, -0.1) is 0 Å². The van der Waals surface area contributed by atoms with Gasteiger partial charge in [-0.3, -0.25) is 9.59 Å². The van der Waals surface area contributed by atoms with E-state index in [1.54, 1.807) is 0 Å². The molecular weight excluding hydrogens is 159 g/mol. The van der Waals surface area contributed by atoms with Crippen molar-refractivity contribution in [3.63, 3.8) is 0 Å². The molecule has 66 valence electrons. The van der Waals surface area contributed by atoms with E-state index >= 15 is 0 Å². The Bertz CT molecular complexity index is 184. The zero-order chi connectivity index (χ0) is 9.72. The number of carbonyl (C=O) groups excluding carboxylic acids is 1. The number of hydrogen-bond acceptors (Lipinski definition) is 3. The predicted octanol–water partition coefficient (Wildman–Crippen LogP) is -1.41. The average Bonchev–Trinajstić information content (AvgIpc) is 1.84. The van der Waals surface area contributed by atoms with Gasteiger partial charge in [0.2, 0.25) is 5.91 Å². The van der Waals surface area contributed by atoms with Crippen molar-refractivity contribution in [1.82, 2.24) is 10.1 Å². The van der Waals surface area contributed by atoms with Crippen LogP contribution in [0.15, 0.2) is 0 Å². The maximum Gasteiger partial charge on any atom is 0.325 e. The molecule has 1 atom stereocenters. The highest BCUT2D eigenvalue weighted by Gasteiger charge is 2.13. The lowest BCUT2D eigenvalue weighted by Gasteiger charge is -2.12. The Kier molecular flexibility index (Phi) is 4.35. The van der Waals surface area contributed by atoms with Gasteiger partial charge >= 0.3 is 5.97 Å². The summed E-state index contributed by atoms with van der Waals surface area (Å²) in [5.74, 6) is -1.47. The monoisotopic (exact) mass is 170 g/mol. The first-order valence-corrected chi connectivity index (χ1v) is 3.41. The van der Waals surface area contributed by atoms with Crippen molar-refractivity contribution < 1.29 is 14.7 Å². The minimum absolute atomic E-state index is 0.0162. The average molecular weight is 170 g/mol. The van der Waals surface area contributed by atoms with E-state index < -0.39 is 17.9 Å². The highest BCUT2D eigenvalue weighted by Crippen LogP contribution is 1.81. The normalized spacial score (nSPS) is 12.6. The van der Waals surface area contributed by atoms with Crippen molar-refractivity contribution in [2.75, 3.05) is 13.6 Å². The highest BCUT2D eigenvalue weighted by molar-refractivity contribution is 6.05. The fourth-order valence-electron chi connectivity index (χ4n) is 0.575. The van der Waals surface area contributed by atoms with Gasteiger partial charge in [0.25, 0.3) is 0 Å². The van der Waals surface area contributed by atoms with Crippen molar-refractivity contribution in [2.45, 2.75) is 13.0 Å². The second-order valence-electron chi connectivity index (χ2n) is 2.54. The van der Waals surface area contributed by atoms with E-state index in [0.29, 0.717) is 0 Å². The highest BCUT2D eigenvalue weighted by atomic mass is 16.4. The maximum atomic E-state index is 10.9. The van der Waals surface area contributed by atoms with Crippen LogP contribution in [0.1, 0.15) is 6.92 Å². The molecule has 5 nitrogen and oxygen atoms in total. The third kappa shape index (κ3) is 4.73. The minimum Gasteiger partial charge on any atom is -0.480 e. The summed E-state index contributed by atoms with van der Waals surface area (Å²) in [5, 5.41) is 10.7. The molecule has 0 aromatic heterocycles. The Hall–Kier alpha value is -1.04. The number of nitrogens with one attached hydrogen (secondary N) is 1. The van der Waals surface area contributed by atoms with E-state index in [2.05, 4.69) is 5.32 Å². The van der Waals surface area contributed by atoms with Gasteiger partial charge < -0.3 is 15.2 Å². The van der Waals surface area contributed by atoms with E-state index in [0.717, 1.165) is 0 Å². The molecule has 2 N–H and O–H groups in total. The number of hydrogen-bond donors (Lipinski definition) is 2. The number of carboxylic acid groups (broad SMARTS) is 1. The van der Waals surface area contributed by atoms with Gasteiger partial charge in [0.05, 0.1) is 6.54 Å². The van der Waals surface area contributed by atoms with Gasteiger partial charge in [-0.05, 0) is 14.0 Å². The molecule has 6 heteroatoms. The molecule has 1 amide bonds. The smallest absolute Gasteiger partial charge is 0.325 e. The summed E-state index contributed by atoms with van der Waals surface area (Å²) in [6.45, 7) is 1.37. The van der Waals surface area contributed by atoms with Crippen molar-refractivity contribution in [1.29, 1.82) is 0 Å². The molecule has 1 unspecified atom stereocenters. The molecule has 0 bridgehead atoms. The number of carboxylic acids is 1. The fourth-order valence-corrected chi connectivity index (χ4v) is 0.575. The summed E-state index contributed by atoms with van der Waals surface area (Å²) in [6.07, 6.45) is 0. The summed E-state index contributed by atoms with van der Waals surface area (Å²) in [4.78, 5) is 22.3. The number of rotatable bonds is 4. The summed E-state index contributed by atoms with van der Waals surface area (Å²) in [6, 6.07) is -0.877. The topological polar surface area (TPSA) is 69.6 Å². The summed E-state index contributed by atoms with van der Waals surface area (Å²) >= 11 is 0. The number of nitrogens with zero attached hydrogens (tertiary/aromatic N) is 1. The number of aliphatic carboxylic acids is 1. The molecule has 0 rings (SSSR count). The Morgan fingerprint density at radius 2 is 2.17 bits per heavy atom. The Morgan fingerprint density at radius 1 is 1.67 bits per heavy atom. The second kappa shape index (κ2) is 4.76. The molecule has 0 aliphatic rings. The van der Waals surface area contributed by atoms with Crippen molar-refractivity contribution in [3.05, 3.63) is 0 Å². The minimum atomic E-state index is -1.07. The summed E-state index contributed by atoms with van der Waals surface area (Å²) < 4.78 is 0. The van der Waals surface area contributed by atoms with Gasteiger partial charge in [0.1, 0.15) is 6.04 Å². The number of amides is 1. The zero-order valence-electron chi connectivity index (χ0n) is 7.07. The van der Waals surface area contributed by atoms with Crippen LogP contribution in [-0.4, -0.2) is 49.4 Å². The lowest BCUT2D eigenvalue weighted by molar-refractivity contribution is -0.141. The molecule has 0 fully saturated rings. The predicted molar refractivity (Wildman–Crippen MR) is 43.6 cm³/mol. The van der Waals surface area contributed by atoms with E-state index in [1.165, 1.54) is 18.8 Å². The third-order valence-electron chi connectivity index (χ3n) is 1.14. The quantitative estimate of drug-likeness (QED) is 0.508. The zero-order valence-corrected chi connectivity index (χ0v) is 7.07. The standard InChI is InChI=1S/C6H11BN2O3/c1-4(6(11)12)8-5(10)3-9(2)7/h4H,3H2,1-2H3,(H,8,10)(H,11,12). The molecule has 0 saturated heterocycles. The van der Waals surface area contributed by atoms with E-state index in [-0.39, 0.29) is 6.54 Å². The van der Waals surface area contributed by atoms with Gasteiger partial charge in [-0.2, -0.15) is 0 Å². The molecule has 0 heterocycles. The van der Waals surface area contributed by atoms with Gasteiger partial charge in [-0.1, -0.05) is 0 Å². The second-order valence-corrected chi connectivity index (χ2v) is 2.54. The Morgan fingerprint density at radius 3 is 2.50 bits per heavy atom. The van der Waals surface area contributed by atoms with Crippen LogP contribution in [0.25, 0.3) is 0 Å². The van der Waals surface area contributed by atoms with E-state index in [9.17, 15) is 9.59 Å². The molecular formula is C6H11BN2O3. The summed E-state index contributed by atoms with van der Waals surface area (Å²) in [5.41, 5.74) is 0. The van der Waals surface area contributed by atoms with Crippen LogP contribution < -0.4 is 5.32 Å². The Balaban J connectivity index is 3.77. The Labute approximate surface area is 72.2 Å². The van der Waals surface area contributed by atoms with Gasteiger partial charge in [0, 0.05) is 0 Å². The van der Waals surface area contributed by atoms with Crippen molar-refractivity contribution in [2.24, 2.45) is 0 Å². The number of carbonyl (C=O) groups is 2. The van der Waals surface area contributed by atoms with Crippen molar-refractivity contribution >= 4 is 19.9 Å². The van der Waals surface area contributed by atoms with Crippen molar-refractivity contribution in [3.8, 4) is 0 Å². The lowest BCUT2D eigenvalue weighted by atomic mass is 10.3. The van der Waals surface area contributed by atoms with Crippen LogP contribution in [0.4, 0.5) is 0 Å². The first kappa shape index (κ1) is 11.0. The SMILES string of the molecule is [B]N(C)CC(=O)NC(C)C(=O)O. The lowest BCUT2D eigenvalue weighted by Crippen LogP contribution is -2.42. The van der Waals surface area contributed by atoms with Crippen LogP contribution in [0.3, 0.4) is 0 Å². The van der Waals surface area contributed by atoms with Crippen LogP contribution in [0.5, 0.6) is 0 Å². The van der Waals surface area contributed by atoms with Crippen LogP contribution in [0.2, 0.25) is 0 Å². The summed E-state index contributed by atoms with van der Waals surface area (Å²) in [7, 11) is 6.69. The molecule has 12 heavy (non-hydrogen) atoms. The molecule has 0 aromatic rings. The van der Waals surface area contributed by atoms with Crippen LogP contribution in [-0.2, 0) is 9.59 Å². The first-order chi connectivity index (χ1) is 5.43. The van der Waals surface area contributed by atoms with Gasteiger partial charge in [-0.25, -0.2) is 0 Å². The molecule has 0 aliphatic carbocycles. The first-order valence-electron chi connectivity index (χ1n) is 3.41. The molecule has 0 aromatic carbocycles. The fraction of sp³-hybridized carbons (Fsp3) is 0.667. The van der Waals surface area contributed by atoms with E-state index in [1.807, 2.05) is 0 Å². The number of likely N-dealkylation sites (N-methyl/N-ethyl adjacent to an activating group) is 1. The molecule has 0 aliphatic heterocycles. The molecule has 0 saturated carbocycles. The van der Waals surface area contributed by atoms with E-state index in [4.69, 9.17) is 13.1 Å². The third-order valence-corrected chi connectivity index (χ3v) is 1.14. The maximum absolute atomic E-state index is 10.9. The van der Waals surface area contributed by atoms with Crippen LogP contribution >= 0.6 is 0 Å². The van der Waals surface area contributed by atoms with Crippen LogP contribution in [0, 0.1) is 0 Å². The largest absolute Gasteiger partial charge is 0.480 e.